The maximum absolute atomic E-state index is 12.8. The molecule has 71 heavy (non-hydrogen) atoms. The molecule has 0 saturated carbocycles. The molecule has 0 radical (unpaired) electrons. The summed E-state index contributed by atoms with van der Waals surface area (Å²) in [6.45, 7) is 6.43. The summed E-state index contributed by atoms with van der Waals surface area (Å²) < 4.78 is 16.8. The van der Waals surface area contributed by atoms with Gasteiger partial charge in [-0.1, -0.05) is 273 Å². The fourth-order valence-electron chi connectivity index (χ4n) is 8.40. The third-order valence-corrected chi connectivity index (χ3v) is 12.9. The van der Waals surface area contributed by atoms with Crippen molar-refractivity contribution in [2.24, 2.45) is 0 Å². The standard InChI is InChI=1S/C65H112O6/c1-4-7-10-13-16-19-22-25-27-29-30-31-32-33-34-36-37-40-43-46-49-52-55-58-64(67)70-61-62(60-69-63(66)57-54-51-48-45-42-39-24-21-18-15-12-9-6-3)71-65(68)59-56-53-50-47-44-41-38-35-28-26-23-20-17-14-11-8-5-2/h8,11-12,15,17,20-21,24,26,28,38,41,47,50,62H,4-7,9-10,13-14,16,18-19,22-23,25,27,29-37,39-40,42-46,48-49,51-61H2,1-3H3/b11-8-,15-12-,20-17-,24-21-,28-26-,41-38-,50-47-. The average molecular weight is 990 g/mol. The Kier molecular flexibility index (Phi) is 56.3. The molecule has 0 aromatic carbocycles. The number of hydrogen-bond donors (Lipinski definition) is 0. The van der Waals surface area contributed by atoms with Gasteiger partial charge in [-0.2, -0.15) is 0 Å². The highest BCUT2D eigenvalue weighted by molar-refractivity contribution is 5.71. The predicted molar refractivity (Wildman–Crippen MR) is 307 cm³/mol. The normalized spacial score (nSPS) is 12.7. The van der Waals surface area contributed by atoms with E-state index in [2.05, 4.69) is 106 Å². The van der Waals surface area contributed by atoms with Crippen molar-refractivity contribution in [2.45, 2.75) is 297 Å². The van der Waals surface area contributed by atoms with Crippen LogP contribution < -0.4 is 0 Å². The minimum absolute atomic E-state index is 0.102. The van der Waals surface area contributed by atoms with Crippen LogP contribution in [0.25, 0.3) is 0 Å². The van der Waals surface area contributed by atoms with Gasteiger partial charge in [0.25, 0.3) is 0 Å². The van der Waals surface area contributed by atoms with E-state index in [1.807, 2.05) is 0 Å². The van der Waals surface area contributed by atoms with Gasteiger partial charge in [0.15, 0.2) is 6.10 Å². The molecule has 0 aliphatic rings. The Labute approximate surface area is 439 Å². The Morgan fingerprint density at radius 1 is 0.296 bits per heavy atom. The lowest BCUT2D eigenvalue weighted by molar-refractivity contribution is -0.167. The van der Waals surface area contributed by atoms with Gasteiger partial charge in [-0.3, -0.25) is 14.4 Å². The van der Waals surface area contributed by atoms with Crippen molar-refractivity contribution in [1.82, 2.24) is 0 Å². The highest BCUT2D eigenvalue weighted by Gasteiger charge is 2.19. The molecule has 408 valence electrons. The minimum atomic E-state index is -0.811. The van der Waals surface area contributed by atoms with E-state index in [0.29, 0.717) is 19.3 Å². The van der Waals surface area contributed by atoms with E-state index in [-0.39, 0.29) is 37.5 Å². The number of carbonyl (C=O) groups is 3. The SMILES string of the molecule is CC/C=C\C/C=C\C/C=C\C/C=C\C/C=C\CCCC(=O)OC(COC(=O)CCCCCCC/C=C\C/C=C\CCC)COC(=O)CCCCCCCCCCCCCCCCCCCCCCCCC. The Morgan fingerprint density at radius 2 is 0.592 bits per heavy atom. The number of ether oxygens (including phenoxy) is 3. The predicted octanol–water partition coefficient (Wildman–Crippen LogP) is 20.3. The second-order valence-corrected chi connectivity index (χ2v) is 19.9. The highest BCUT2D eigenvalue weighted by atomic mass is 16.6. The number of hydrogen-bond acceptors (Lipinski definition) is 6. The third kappa shape index (κ3) is 57.4. The average Bonchev–Trinajstić information content (AvgIpc) is 3.37. The molecule has 0 heterocycles. The van der Waals surface area contributed by atoms with E-state index in [0.717, 1.165) is 109 Å². The van der Waals surface area contributed by atoms with Gasteiger partial charge in [-0.15, -0.1) is 0 Å². The molecular formula is C65H112O6. The van der Waals surface area contributed by atoms with Crippen LogP contribution in [0, 0.1) is 0 Å². The summed E-state index contributed by atoms with van der Waals surface area (Å²) >= 11 is 0. The van der Waals surface area contributed by atoms with E-state index < -0.39 is 6.10 Å². The molecule has 0 aliphatic heterocycles. The fourth-order valence-corrected chi connectivity index (χ4v) is 8.40. The van der Waals surface area contributed by atoms with Crippen LogP contribution in [-0.4, -0.2) is 37.2 Å². The van der Waals surface area contributed by atoms with E-state index in [9.17, 15) is 14.4 Å². The Hall–Kier alpha value is -3.41. The molecule has 0 amide bonds. The quantitative estimate of drug-likeness (QED) is 0.0261. The van der Waals surface area contributed by atoms with Crippen LogP contribution in [0.1, 0.15) is 290 Å². The third-order valence-electron chi connectivity index (χ3n) is 12.9. The summed E-state index contributed by atoms with van der Waals surface area (Å²) in [4.78, 5) is 38.2. The molecule has 0 aromatic heterocycles. The van der Waals surface area contributed by atoms with Crippen molar-refractivity contribution < 1.29 is 28.6 Å². The van der Waals surface area contributed by atoms with Gasteiger partial charge in [0.05, 0.1) is 0 Å². The summed E-state index contributed by atoms with van der Waals surface area (Å²) in [6, 6.07) is 0. The summed E-state index contributed by atoms with van der Waals surface area (Å²) in [7, 11) is 0. The lowest BCUT2D eigenvalue weighted by atomic mass is 10.0. The number of carbonyl (C=O) groups excluding carboxylic acids is 3. The summed E-state index contributed by atoms with van der Waals surface area (Å²) in [5, 5.41) is 0. The van der Waals surface area contributed by atoms with Crippen molar-refractivity contribution in [2.75, 3.05) is 13.2 Å². The van der Waals surface area contributed by atoms with Crippen molar-refractivity contribution >= 4 is 17.9 Å². The van der Waals surface area contributed by atoms with Crippen molar-refractivity contribution in [3.05, 3.63) is 85.1 Å². The maximum Gasteiger partial charge on any atom is 0.306 e. The van der Waals surface area contributed by atoms with Crippen LogP contribution in [0.15, 0.2) is 85.1 Å². The maximum atomic E-state index is 12.8. The molecule has 6 nitrogen and oxygen atoms in total. The van der Waals surface area contributed by atoms with Gasteiger partial charge >= 0.3 is 17.9 Å². The van der Waals surface area contributed by atoms with Gasteiger partial charge in [0.2, 0.25) is 0 Å². The summed E-state index contributed by atoms with van der Waals surface area (Å²) in [5.74, 6) is -0.967. The molecule has 0 N–H and O–H groups in total. The molecule has 1 unspecified atom stereocenters. The molecule has 1 atom stereocenters. The first kappa shape index (κ1) is 67.6. The van der Waals surface area contributed by atoms with Gasteiger partial charge in [0, 0.05) is 19.3 Å². The van der Waals surface area contributed by atoms with Crippen molar-refractivity contribution in [3.8, 4) is 0 Å². The van der Waals surface area contributed by atoms with Gasteiger partial charge in [0.1, 0.15) is 13.2 Å². The topological polar surface area (TPSA) is 78.9 Å². The van der Waals surface area contributed by atoms with E-state index in [1.54, 1.807) is 0 Å². The van der Waals surface area contributed by atoms with Crippen LogP contribution in [0.4, 0.5) is 0 Å². The summed E-state index contributed by atoms with van der Waals surface area (Å²) in [6.07, 6.45) is 77.4. The van der Waals surface area contributed by atoms with E-state index >= 15 is 0 Å². The lowest BCUT2D eigenvalue weighted by Gasteiger charge is -2.18. The Balaban J connectivity index is 4.37. The molecule has 0 aliphatic carbocycles. The molecule has 0 rings (SSSR count). The molecule has 0 fully saturated rings. The Bertz CT molecular complexity index is 1370. The molecule has 6 heteroatoms. The van der Waals surface area contributed by atoms with Crippen LogP contribution in [0.3, 0.4) is 0 Å². The first-order valence-electron chi connectivity index (χ1n) is 30.1. The van der Waals surface area contributed by atoms with Crippen molar-refractivity contribution in [1.29, 1.82) is 0 Å². The largest absolute Gasteiger partial charge is 0.462 e. The summed E-state index contributed by atoms with van der Waals surface area (Å²) in [5.41, 5.74) is 0. The zero-order valence-corrected chi connectivity index (χ0v) is 46.7. The zero-order valence-electron chi connectivity index (χ0n) is 46.7. The molecular weight excluding hydrogens is 877 g/mol. The fraction of sp³-hybridized carbons (Fsp3) is 0.738. The minimum Gasteiger partial charge on any atom is -0.462 e. The smallest absolute Gasteiger partial charge is 0.306 e. The van der Waals surface area contributed by atoms with E-state index in [4.69, 9.17) is 14.2 Å². The van der Waals surface area contributed by atoms with Gasteiger partial charge in [-0.25, -0.2) is 0 Å². The number of allylic oxidation sites excluding steroid dienone is 14. The number of rotatable bonds is 54. The zero-order chi connectivity index (χ0) is 51.4. The highest BCUT2D eigenvalue weighted by Crippen LogP contribution is 2.17. The van der Waals surface area contributed by atoms with Crippen LogP contribution in [-0.2, 0) is 28.6 Å². The monoisotopic (exact) mass is 989 g/mol. The van der Waals surface area contributed by atoms with E-state index in [1.165, 1.54) is 135 Å². The van der Waals surface area contributed by atoms with Crippen LogP contribution in [0.5, 0.6) is 0 Å². The second-order valence-electron chi connectivity index (χ2n) is 19.9. The Morgan fingerprint density at radius 3 is 0.958 bits per heavy atom. The number of esters is 3. The van der Waals surface area contributed by atoms with Crippen LogP contribution in [0.2, 0.25) is 0 Å². The second kappa shape index (κ2) is 59.2. The molecule has 0 aromatic rings. The van der Waals surface area contributed by atoms with Gasteiger partial charge in [-0.05, 0) is 83.5 Å². The first-order chi connectivity index (χ1) is 35.0. The molecule has 0 saturated heterocycles. The first-order valence-corrected chi connectivity index (χ1v) is 30.1. The van der Waals surface area contributed by atoms with Gasteiger partial charge < -0.3 is 14.2 Å². The van der Waals surface area contributed by atoms with Crippen LogP contribution >= 0.6 is 0 Å². The molecule has 0 bridgehead atoms. The van der Waals surface area contributed by atoms with Crippen molar-refractivity contribution in [3.63, 3.8) is 0 Å². The lowest BCUT2D eigenvalue weighted by Crippen LogP contribution is -2.30. The molecule has 0 spiro atoms. The number of unbranched alkanes of at least 4 members (excludes halogenated alkanes) is 29.